The highest BCUT2D eigenvalue weighted by Crippen LogP contribution is 2.31. The molecule has 0 radical (unpaired) electrons. The Bertz CT molecular complexity index is 390. The standard InChI is InChI=1S/C14H21FN2/c1-14(2,16)12-10-11(15)6-7-13(12)17-8-4-3-5-9-17/h6-7,10H,3-5,8-9,16H2,1-2H3. The lowest BCUT2D eigenvalue weighted by atomic mass is 9.92. The third-order valence-corrected chi connectivity index (χ3v) is 3.35. The number of halogens is 1. The van der Waals surface area contributed by atoms with Gasteiger partial charge in [0.1, 0.15) is 5.82 Å². The van der Waals surface area contributed by atoms with Gasteiger partial charge in [0.2, 0.25) is 0 Å². The van der Waals surface area contributed by atoms with Crippen molar-refractivity contribution >= 4 is 5.69 Å². The van der Waals surface area contributed by atoms with Crippen molar-refractivity contribution < 1.29 is 4.39 Å². The summed E-state index contributed by atoms with van der Waals surface area (Å²) in [5.41, 5.74) is 7.63. The van der Waals surface area contributed by atoms with Gasteiger partial charge in [0.15, 0.2) is 0 Å². The SMILES string of the molecule is CC(C)(N)c1cc(F)ccc1N1CCCCC1. The van der Waals surface area contributed by atoms with Crippen LogP contribution in [0.4, 0.5) is 10.1 Å². The molecule has 17 heavy (non-hydrogen) atoms. The minimum atomic E-state index is -0.505. The van der Waals surface area contributed by atoms with Crippen LogP contribution in [0.2, 0.25) is 0 Å². The van der Waals surface area contributed by atoms with Gasteiger partial charge in [-0.2, -0.15) is 0 Å². The summed E-state index contributed by atoms with van der Waals surface area (Å²) in [7, 11) is 0. The Morgan fingerprint density at radius 2 is 1.82 bits per heavy atom. The van der Waals surface area contributed by atoms with Gasteiger partial charge < -0.3 is 10.6 Å². The maximum Gasteiger partial charge on any atom is 0.123 e. The molecular weight excluding hydrogens is 215 g/mol. The highest BCUT2D eigenvalue weighted by molar-refractivity contribution is 5.56. The summed E-state index contributed by atoms with van der Waals surface area (Å²) < 4.78 is 13.4. The van der Waals surface area contributed by atoms with Crippen molar-refractivity contribution in [2.24, 2.45) is 5.73 Å². The van der Waals surface area contributed by atoms with Crippen LogP contribution in [0.1, 0.15) is 38.7 Å². The van der Waals surface area contributed by atoms with Gasteiger partial charge in [-0.25, -0.2) is 4.39 Å². The summed E-state index contributed by atoms with van der Waals surface area (Å²) in [5.74, 6) is -0.209. The molecule has 2 N–H and O–H groups in total. The summed E-state index contributed by atoms with van der Waals surface area (Å²) in [6.45, 7) is 5.95. The summed E-state index contributed by atoms with van der Waals surface area (Å²) in [4.78, 5) is 2.33. The van der Waals surface area contributed by atoms with Gasteiger partial charge in [0, 0.05) is 24.3 Å². The molecule has 0 aliphatic carbocycles. The first kappa shape index (κ1) is 12.4. The number of anilines is 1. The molecule has 1 aliphatic rings. The highest BCUT2D eigenvalue weighted by atomic mass is 19.1. The van der Waals surface area contributed by atoms with Crippen molar-refractivity contribution in [1.82, 2.24) is 0 Å². The molecule has 1 aliphatic heterocycles. The maximum absolute atomic E-state index is 13.4. The van der Waals surface area contributed by atoms with Crippen LogP contribution in [0, 0.1) is 5.82 Å². The Kier molecular flexibility index (Phi) is 3.38. The quantitative estimate of drug-likeness (QED) is 0.855. The molecule has 1 fully saturated rings. The second-order valence-electron chi connectivity index (χ2n) is 5.43. The van der Waals surface area contributed by atoms with Crippen LogP contribution in [0.15, 0.2) is 18.2 Å². The maximum atomic E-state index is 13.4. The fraction of sp³-hybridized carbons (Fsp3) is 0.571. The average molecular weight is 236 g/mol. The Balaban J connectivity index is 2.38. The molecule has 1 heterocycles. The lowest BCUT2D eigenvalue weighted by Gasteiger charge is -2.34. The molecule has 1 saturated heterocycles. The van der Waals surface area contributed by atoms with Gasteiger partial charge >= 0.3 is 0 Å². The summed E-state index contributed by atoms with van der Waals surface area (Å²) in [5, 5.41) is 0. The number of benzene rings is 1. The summed E-state index contributed by atoms with van der Waals surface area (Å²) >= 11 is 0. The molecule has 3 heteroatoms. The van der Waals surface area contributed by atoms with Crippen LogP contribution in [-0.2, 0) is 5.54 Å². The number of rotatable bonds is 2. The third kappa shape index (κ3) is 2.78. The second-order valence-corrected chi connectivity index (χ2v) is 5.43. The highest BCUT2D eigenvalue weighted by Gasteiger charge is 2.23. The number of hydrogen-bond acceptors (Lipinski definition) is 2. The van der Waals surface area contributed by atoms with Crippen LogP contribution >= 0.6 is 0 Å². The molecule has 2 rings (SSSR count). The zero-order valence-electron chi connectivity index (χ0n) is 10.7. The molecular formula is C14H21FN2. The largest absolute Gasteiger partial charge is 0.371 e. The Hall–Kier alpha value is -1.09. The molecule has 0 amide bonds. The lowest BCUT2D eigenvalue weighted by molar-refractivity contribution is 0.530. The Labute approximate surface area is 103 Å². The topological polar surface area (TPSA) is 29.3 Å². The molecule has 1 aromatic rings. The smallest absolute Gasteiger partial charge is 0.123 e. The van der Waals surface area contributed by atoms with Crippen LogP contribution in [0.5, 0.6) is 0 Å². The van der Waals surface area contributed by atoms with Crippen LogP contribution in [0.25, 0.3) is 0 Å². The van der Waals surface area contributed by atoms with E-state index in [-0.39, 0.29) is 5.82 Å². The van der Waals surface area contributed by atoms with Gasteiger partial charge in [0.25, 0.3) is 0 Å². The molecule has 0 bridgehead atoms. The van der Waals surface area contributed by atoms with E-state index in [9.17, 15) is 4.39 Å². The zero-order chi connectivity index (χ0) is 12.5. The first-order chi connectivity index (χ1) is 7.98. The van der Waals surface area contributed by atoms with Crippen molar-refractivity contribution in [3.05, 3.63) is 29.6 Å². The molecule has 1 aromatic carbocycles. The first-order valence-electron chi connectivity index (χ1n) is 6.32. The van der Waals surface area contributed by atoms with Crippen molar-refractivity contribution in [1.29, 1.82) is 0 Å². The van der Waals surface area contributed by atoms with Gasteiger partial charge in [-0.1, -0.05) is 0 Å². The van der Waals surface area contributed by atoms with Gasteiger partial charge in [-0.05, 0) is 56.9 Å². The second kappa shape index (κ2) is 4.65. The van der Waals surface area contributed by atoms with Crippen molar-refractivity contribution in [3.63, 3.8) is 0 Å². The van der Waals surface area contributed by atoms with E-state index in [0.717, 1.165) is 24.3 Å². The fourth-order valence-electron chi connectivity index (χ4n) is 2.43. The van der Waals surface area contributed by atoms with E-state index in [1.54, 1.807) is 6.07 Å². The van der Waals surface area contributed by atoms with Crippen LogP contribution < -0.4 is 10.6 Å². The summed E-state index contributed by atoms with van der Waals surface area (Å²) in [6, 6.07) is 4.97. The average Bonchev–Trinajstić information content (AvgIpc) is 2.29. The molecule has 0 unspecified atom stereocenters. The predicted molar refractivity (Wildman–Crippen MR) is 69.7 cm³/mol. The number of piperidine rings is 1. The molecule has 94 valence electrons. The lowest BCUT2D eigenvalue weighted by Crippen LogP contribution is -2.35. The third-order valence-electron chi connectivity index (χ3n) is 3.35. The van der Waals surface area contributed by atoms with E-state index in [2.05, 4.69) is 4.90 Å². The van der Waals surface area contributed by atoms with Crippen molar-refractivity contribution in [2.45, 2.75) is 38.6 Å². The first-order valence-corrected chi connectivity index (χ1v) is 6.32. The predicted octanol–water partition coefficient (Wildman–Crippen LogP) is 3.01. The van der Waals surface area contributed by atoms with Gasteiger partial charge in [0.05, 0.1) is 0 Å². The molecule has 2 nitrogen and oxygen atoms in total. The number of hydrogen-bond donors (Lipinski definition) is 1. The normalized spacial score (nSPS) is 17.3. The van der Waals surface area contributed by atoms with E-state index in [1.165, 1.54) is 25.3 Å². The van der Waals surface area contributed by atoms with E-state index in [4.69, 9.17) is 5.73 Å². The zero-order valence-corrected chi connectivity index (χ0v) is 10.7. The van der Waals surface area contributed by atoms with Crippen molar-refractivity contribution in [2.75, 3.05) is 18.0 Å². The Morgan fingerprint density at radius 1 is 1.18 bits per heavy atom. The van der Waals surface area contributed by atoms with Crippen LogP contribution in [-0.4, -0.2) is 13.1 Å². The molecule has 0 aromatic heterocycles. The minimum Gasteiger partial charge on any atom is -0.371 e. The Morgan fingerprint density at radius 3 is 2.41 bits per heavy atom. The monoisotopic (exact) mass is 236 g/mol. The van der Waals surface area contributed by atoms with Gasteiger partial charge in [-0.15, -0.1) is 0 Å². The molecule has 0 spiro atoms. The van der Waals surface area contributed by atoms with Crippen LogP contribution in [0.3, 0.4) is 0 Å². The van der Waals surface area contributed by atoms with Gasteiger partial charge in [-0.3, -0.25) is 0 Å². The minimum absolute atomic E-state index is 0.209. The van der Waals surface area contributed by atoms with E-state index in [0.29, 0.717) is 0 Å². The van der Waals surface area contributed by atoms with E-state index < -0.39 is 5.54 Å². The number of nitrogens with zero attached hydrogens (tertiary/aromatic N) is 1. The summed E-state index contributed by atoms with van der Waals surface area (Å²) in [6.07, 6.45) is 3.71. The fourth-order valence-corrected chi connectivity index (χ4v) is 2.43. The van der Waals surface area contributed by atoms with Crippen molar-refractivity contribution in [3.8, 4) is 0 Å². The molecule has 0 saturated carbocycles. The van der Waals surface area contributed by atoms with E-state index in [1.807, 2.05) is 19.9 Å². The van der Waals surface area contributed by atoms with E-state index >= 15 is 0 Å². The number of nitrogens with two attached hydrogens (primary N) is 1. The molecule has 0 atom stereocenters.